The number of phenols is 1. The summed E-state index contributed by atoms with van der Waals surface area (Å²) in [4.78, 5) is 2.33. The van der Waals surface area contributed by atoms with Crippen LogP contribution in [0, 0.1) is 0 Å². The van der Waals surface area contributed by atoms with E-state index in [0.29, 0.717) is 22.3 Å². The molecule has 146 valence electrons. The number of aromatic hydroxyl groups is 1. The van der Waals surface area contributed by atoms with Gasteiger partial charge in [-0.05, 0) is 47.4 Å². The first-order chi connectivity index (χ1) is 13.5. The van der Waals surface area contributed by atoms with Crippen LogP contribution in [0.25, 0.3) is 0 Å². The van der Waals surface area contributed by atoms with Crippen molar-refractivity contribution in [3.63, 3.8) is 0 Å². The van der Waals surface area contributed by atoms with Gasteiger partial charge >= 0.3 is 0 Å². The number of halogens is 2. The Morgan fingerprint density at radius 2 is 1.50 bits per heavy atom. The van der Waals surface area contributed by atoms with E-state index in [0.717, 1.165) is 30.6 Å². The van der Waals surface area contributed by atoms with Crippen molar-refractivity contribution < 1.29 is 9.84 Å². The molecule has 0 saturated heterocycles. The van der Waals surface area contributed by atoms with Crippen LogP contribution in [-0.2, 0) is 19.5 Å². The van der Waals surface area contributed by atoms with E-state index in [9.17, 15) is 5.11 Å². The third-order valence-corrected chi connectivity index (χ3v) is 5.34. The summed E-state index contributed by atoms with van der Waals surface area (Å²) >= 11 is 12.2. The molecule has 0 fully saturated rings. The summed E-state index contributed by atoms with van der Waals surface area (Å²) in [6, 6.07) is 21.7. The number of phenolic OH excluding ortho intramolecular Hbond substituents is 1. The fourth-order valence-corrected chi connectivity index (χ4v) is 3.45. The van der Waals surface area contributed by atoms with Crippen LogP contribution in [0.5, 0.6) is 11.5 Å². The van der Waals surface area contributed by atoms with Gasteiger partial charge in [0, 0.05) is 19.6 Å². The van der Waals surface area contributed by atoms with Gasteiger partial charge in [0.15, 0.2) is 11.5 Å². The van der Waals surface area contributed by atoms with Gasteiger partial charge in [0.2, 0.25) is 0 Å². The number of hydrogen-bond acceptors (Lipinski definition) is 3. The van der Waals surface area contributed by atoms with Gasteiger partial charge in [-0.2, -0.15) is 0 Å². The number of benzene rings is 3. The van der Waals surface area contributed by atoms with Gasteiger partial charge in [0.05, 0.1) is 17.2 Å². The molecule has 5 heteroatoms. The molecule has 0 radical (unpaired) electrons. The van der Waals surface area contributed by atoms with E-state index in [1.165, 1.54) is 5.56 Å². The highest BCUT2D eigenvalue weighted by atomic mass is 35.5. The summed E-state index contributed by atoms with van der Waals surface area (Å²) in [6.45, 7) is 2.30. The van der Waals surface area contributed by atoms with Crippen LogP contribution in [0.1, 0.15) is 16.7 Å². The predicted octanol–water partition coefficient (Wildman–Crippen LogP) is 5.95. The van der Waals surface area contributed by atoms with Crippen LogP contribution in [0.2, 0.25) is 10.0 Å². The lowest BCUT2D eigenvalue weighted by molar-refractivity contribution is 0.259. The first kappa shape index (κ1) is 20.5. The topological polar surface area (TPSA) is 32.7 Å². The second kappa shape index (κ2) is 9.83. The standard InChI is InChI=1S/C23H23Cl2NO2/c1-28-23-10-8-19(14-22(23)27)16-26(12-11-17-5-3-2-4-6-17)15-18-7-9-20(24)21(25)13-18/h2-10,13-14,27H,11-12,15-16H2,1H3. The van der Waals surface area contributed by atoms with Crippen molar-refractivity contribution in [2.75, 3.05) is 13.7 Å². The molecule has 28 heavy (non-hydrogen) atoms. The second-order valence-electron chi connectivity index (χ2n) is 6.70. The van der Waals surface area contributed by atoms with Crippen LogP contribution in [0.15, 0.2) is 66.7 Å². The molecule has 0 heterocycles. The fourth-order valence-electron chi connectivity index (χ4n) is 3.13. The molecule has 0 saturated carbocycles. The highest BCUT2D eigenvalue weighted by molar-refractivity contribution is 6.42. The molecule has 0 aliphatic carbocycles. The van der Waals surface area contributed by atoms with Crippen LogP contribution >= 0.6 is 23.2 Å². The van der Waals surface area contributed by atoms with Crippen molar-refractivity contribution in [2.45, 2.75) is 19.5 Å². The van der Waals surface area contributed by atoms with Gasteiger partial charge in [-0.15, -0.1) is 0 Å². The predicted molar refractivity (Wildman–Crippen MR) is 115 cm³/mol. The highest BCUT2D eigenvalue weighted by Gasteiger charge is 2.11. The van der Waals surface area contributed by atoms with Crippen molar-refractivity contribution in [3.8, 4) is 11.5 Å². The van der Waals surface area contributed by atoms with Crippen molar-refractivity contribution in [1.29, 1.82) is 0 Å². The lowest BCUT2D eigenvalue weighted by atomic mass is 10.1. The Hall–Kier alpha value is -2.20. The Balaban J connectivity index is 1.76. The van der Waals surface area contributed by atoms with E-state index < -0.39 is 0 Å². The fraction of sp³-hybridized carbons (Fsp3) is 0.217. The second-order valence-corrected chi connectivity index (χ2v) is 7.52. The zero-order valence-corrected chi connectivity index (χ0v) is 17.2. The SMILES string of the molecule is COc1ccc(CN(CCc2ccccc2)Cc2ccc(Cl)c(Cl)c2)cc1O. The lowest BCUT2D eigenvalue weighted by Gasteiger charge is -2.23. The Labute approximate surface area is 176 Å². The summed E-state index contributed by atoms with van der Waals surface area (Å²) < 4.78 is 5.14. The average molecular weight is 416 g/mol. The van der Waals surface area contributed by atoms with Crippen LogP contribution in [0.3, 0.4) is 0 Å². The number of nitrogens with zero attached hydrogens (tertiary/aromatic N) is 1. The van der Waals surface area contributed by atoms with Crippen LogP contribution in [-0.4, -0.2) is 23.7 Å². The molecule has 3 aromatic rings. The zero-order valence-electron chi connectivity index (χ0n) is 15.7. The molecule has 0 spiro atoms. The maximum Gasteiger partial charge on any atom is 0.160 e. The minimum absolute atomic E-state index is 0.151. The molecule has 0 aliphatic heterocycles. The lowest BCUT2D eigenvalue weighted by Crippen LogP contribution is -2.25. The van der Waals surface area contributed by atoms with E-state index in [1.807, 2.05) is 30.3 Å². The van der Waals surface area contributed by atoms with Crippen molar-refractivity contribution >= 4 is 23.2 Å². The molecule has 0 aromatic heterocycles. The maximum atomic E-state index is 10.1. The molecular weight excluding hydrogens is 393 g/mol. The minimum atomic E-state index is 0.151. The Bertz CT molecular complexity index is 916. The molecule has 0 bridgehead atoms. The number of hydrogen-bond donors (Lipinski definition) is 1. The summed E-state index contributed by atoms with van der Waals surface area (Å²) in [5.74, 6) is 0.626. The molecule has 3 aromatic carbocycles. The van der Waals surface area contributed by atoms with E-state index >= 15 is 0 Å². The molecule has 3 rings (SSSR count). The largest absolute Gasteiger partial charge is 0.504 e. The maximum absolute atomic E-state index is 10.1. The first-order valence-corrected chi connectivity index (χ1v) is 9.87. The Morgan fingerprint density at radius 1 is 0.821 bits per heavy atom. The van der Waals surface area contributed by atoms with Crippen LogP contribution < -0.4 is 4.74 Å². The van der Waals surface area contributed by atoms with Gasteiger partial charge in [0.1, 0.15) is 0 Å². The van der Waals surface area contributed by atoms with E-state index in [-0.39, 0.29) is 5.75 Å². The van der Waals surface area contributed by atoms with Gasteiger partial charge < -0.3 is 9.84 Å². The smallest absolute Gasteiger partial charge is 0.160 e. The van der Waals surface area contributed by atoms with Gasteiger partial charge in [-0.25, -0.2) is 0 Å². The van der Waals surface area contributed by atoms with Gasteiger partial charge in [-0.1, -0.05) is 65.7 Å². The van der Waals surface area contributed by atoms with Gasteiger partial charge in [-0.3, -0.25) is 4.90 Å². The number of rotatable bonds is 8. The summed E-state index contributed by atoms with van der Waals surface area (Å²) in [7, 11) is 1.55. The number of methoxy groups -OCH3 is 1. The first-order valence-electron chi connectivity index (χ1n) is 9.11. The molecular formula is C23H23Cl2NO2. The monoisotopic (exact) mass is 415 g/mol. The summed E-state index contributed by atoms with van der Waals surface area (Å²) in [5.41, 5.74) is 3.41. The molecule has 3 nitrogen and oxygen atoms in total. The van der Waals surface area contributed by atoms with E-state index in [4.69, 9.17) is 27.9 Å². The highest BCUT2D eigenvalue weighted by Crippen LogP contribution is 2.28. The third kappa shape index (κ3) is 5.65. The van der Waals surface area contributed by atoms with Crippen molar-refractivity contribution in [2.24, 2.45) is 0 Å². The number of ether oxygens (including phenoxy) is 1. The Morgan fingerprint density at radius 3 is 2.14 bits per heavy atom. The average Bonchev–Trinajstić information content (AvgIpc) is 2.70. The van der Waals surface area contributed by atoms with Crippen molar-refractivity contribution in [3.05, 3.63) is 93.5 Å². The van der Waals surface area contributed by atoms with Crippen molar-refractivity contribution in [1.82, 2.24) is 4.90 Å². The molecule has 0 aliphatic rings. The van der Waals surface area contributed by atoms with E-state index in [1.54, 1.807) is 19.2 Å². The molecule has 1 N–H and O–H groups in total. The third-order valence-electron chi connectivity index (χ3n) is 4.60. The van der Waals surface area contributed by atoms with Crippen LogP contribution in [0.4, 0.5) is 0 Å². The Kier molecular flexibility index (Phi) is 7.21. The summed E-state index contributed by atoms with van der Waals surface area (Å²) in [5, 5.41) is 11.2. The molecule has 0 amide bonds. The molecule has 0 atom stereocenters. The molecule has 0 unspecified atom stereocenters. The summed E-state index contributed by atoms with van der Waals surface area (Å²) in [6.07, 6.45) is 0.935. The minimum Gasteiger partial charge on any atom is -0.504 e. The van der Waals surface area contributed by atoms with E-state index in [2.05, 4.69) is 29.2 Å². The normalized spacial score (nSPS) is 11.0. The quantitative estimate of drug-likeness (QED) is 0.492. The van der Waals surface area contributed by atoms with Gasteiger partial charge in [0.25, 0.3) is 0 Å². The zero-order chi connectivity index (χ0) is 19.9.